The monoisotopic (exact) mass is 321 g/mol. The van der Waals surface area contributed by atoms with Gasteiger partial charge in [-0.05, 0) is 24.8 Å². The molecule has 0 unspecified atom stereocenters. The molecule has 102 valence electrons. The standard InChI is InChI=1S/C15H20BrN3/c1-10(2)8-9-13-14(15(17)19(3)18-13)11-6-4-5-7-12(11)16/h4-7,10H,8-9,17H2,1-3H3. The van der Waals surface area contributed by atoms with Gasteiger partial charge >= 0.3 is 0 Å². The summed E-state index contributed by atoms with van der Waals surface area (Å²) in [6.45, 7) is 4.45. The number of aromatic nitrogens is 2. The van der Waals surface area contributed by atoms with Crippen LogP contribution in [0.25, 0.3) is 11.1 Å². The van der Waals surface area contributed by atoms with Crippen LogP contribution in [0, 0.1) is 5.92 Å². The summed E-state index contributed by atoms with van der Waals surface area (Å²) in [5.74, 6) is 1.39. The highest BCUT2D eigenvalue weighted by Crippen LogP contribution is 2.35. The molecule has 0 atom stereocenters. The number of hydrogen-bond donors (Lipinski definition) is 1. The van der Waals surface area contributed by atoms with Crippen molar-refractivity contribution in [3.63, 3.8) is 0 Å². The summed E-state index contributed by atoms with van der Waals surface area (Å²) >= 11 is 3.60. The molecule has 19 heavy (non-hydrogen) atoms. The van der Waals surface area contributed by atoms with Crippen molar-refractivity contribution in [3.8, 4) is 11.1 Å². The molecule has 0 radical (unpaired) electrons. The molecule has 0 aliphatic heterocycles. The molecule has 3 nitrogen and oxygen atoms in total. The van der Waals surface area contributed by atoms with Crippen LogP contribution in [0.3, 0.4) is 0 Å². The molecule has 2 N–H and O–H groups in total. The SMILES string of the molecule is CC(C)CCc1nn(C)c(N)c1-c1ccccc1Br. The van der Waals surface area contributed by atoms with Crippen LogP contribution in [0.1, 0.15) is 26.0 Å². The molecule has 0 saturated heterocycles. The van der Waals surface area contributed by atoms with Crippen LogP contribution in [-0.2, 0) is 13.5 Å². The van der Waals surface area contributed by atoms with Gasteiger partial charge in [0.2, 0.25) is 0 Å². The Morgan fingerprint density at radius 2 is 2.00 bits per heavy atom. The molecule has 0 fully saturated rings. The summed E-state index contributed by atoms with van der Waals surface area (Å²) in [5.41, 5.74) is 9.46. The summed E-state index contributed by atoms with van der Waals surface area (Å²) < 4.78 is 2.82. The van der Waals surface area contributed by atoms with Gasteiger partial charge in [0.05, 0.1) is 5.69 Å². The van der Waals surface area contributed by atoms with E-state index in [9.17, 15) is 0 Å². The van der Waals surface area contributed by atoms with Crippen molar-refractivity contribution in [2.45, 2.75) is 26.7 Å². The lowest BCUT2D eigenvalue weighted by Gasteiger charge is -2.07. The molecule has 1 aromatic carbocycles. The first-order valence-corrected chi connectivity index (χ1v) is 7.36. The Labute approximate surface area is 122 Å². The topological polar surface area (TPSA) is 43.8 Å². The number of nitrogens with zero attached hydrogens (tertiary/aromatic N) is 2. The van der Waals surface area contributed by atoms with Crippen LogP contribution < -0.4 is 5.73 Å². The Morgan fingerprint density at radius 1 is 1.32 bits per heavy atom. The molecule has 2 rings (SSSR count). The molecule has 0 saturated carbocycles. The van der Waals surface area contributed by atoms with Gasteiger partial charge in [0.15, 0.2) is 0 Å². The summed E-state index contributed by atoms with van der Waals surface area (Å²) in [6, 6.07) is 8.15. The second-order valence-electron chi connectivity index (χ2n) is 5.24. The highest BCUT2D eigenvalue weighted by atomic mass is 79.9. The Balaban J connectivity index is 2.47. The minimum absolute atomic E-state index is 0.662. The predicted octanol–water partition coefficient (Wildman–Crippen LogP) is 4.02. The maximum absolute atomic E-state index is 6.19. The van der Waals surface area contributed by atoms with Gasteiger partial charge in [-0.3, -0.25) is 4.68 Å². The van der Waals surface area contributed by atoms with Gasteiger partial charge in [0, 0.05) is 22.6 Å². The van der Waals surface area contributed by atoms with Crippen LogP contribution in [-0.4, -0.2) is 9.78 Å². The maximum atomic E-state index is 6.19. The molecule has 0 bridgehead atoms. The van der Waals surface area contributed by atoms with Gasteiger partial charge in [-0.1, -0.05) is 48.0 Å². The van der Waals surface area contributed by atoms with Crippen molar-refractivity contribution in [1.82, 2.24) is 9.78 Å². The number of nitrogen functional groups attached to an aromatic ring is 1. The molecule has 0 aliphatic carbocycles. The first-order chi connectivity index (χ1) is 9.00. The Morgan fingerprint density at radius 3 is 2.63 bits per heavy atom. The van der Waals surface area contributed by atoms with E-state index in [1.54, 1.807) is 4.68 Å². The number of rotatable bonds is 4. The largest absolute Gasteiger partial charge is 0.383 e. The zero-order valence-corrected chi connectivity index (χ0v) is 13.2. The van der Waals surface area contributed by atoms with E-state index in [0.29, 0.717) is 5.92 Å². The molecule has 0 amide bonds. The van der Waals surface area contributed by atoms with E-state index in [-0.39, 0.29) is 0 Å². The third kappa shape index (κ3) is 3.00. The smallest absolute Gasteiger partial charge is 0.129 e. The van der Waals surface area contributed by atoms with Crippen LogP contribution in [0.5, 0.6) is 0 Å². The van der Waals surface area contributed by atoms with E-state index >= 15 is 0 Å². The first kappa shape index (κ1) is 14.1. The number of aryl methyl sites for hydroxylation is 2. The van der Waals surface area contributed by atoms with E-state index in [2.05, 4.69) is 40.9 Å². The van der Waals surface area contributed by atoms with Crippen molar-refractivity contribution in [3.05, 3.63) is 34.4 Å². The molecule has 1 heterocycles. The fourth-order valence-corrected chi connectivity index (χ4v) is 2.64. The van der Waals surface area contributed by atoms with Crippen molar-refractivity contribution in [2.75, 3.05) is 5.73 Å². The summed E-state index contributed by atoms with van der Waals surface area (Å²) in [4.78, 5) is 0. The first-order valence-electron chi connectivity index (χ1n) is 6.57. The number of benzene rings is 1. The lowest BCUT2D eigenvalue weighted by Crippen LogP contribution is -1.98. The third-order valence-electron chi connectivity index (χ3n) is 3.27. The van der Waals surface area contributed by atoms with E-state index in [1.165, 1.54) is 0 Å². The summed E-state index contributed by atoms with van der Waals surface area (Å²) in [5, 5.41) is 4.57. The molecule has 0 spiro atoms. The fraction of sp³-hybridized carbons (Fsp3) is 0.400. The normalized spacial score (nSPS) is 11.2. The highest BCUT2D eigenvalue weighted by Gasteiger charge is 2.17. The predicted molar refractivity (Wildman–Crippen MR) is 83.9 cm³/mol. The van der Waals surface area contributed by atoms with Gasteiger partial charge in [-0.15, -0.1) is 0 Å². The van der Waals surface area contributed by atoms with Gasteiger partial charge in [-0.2, -0.15) is 5.10 Å². The second-order valence-corrected chi connectivity index (χ2v) is 6.10. The Kier molecular flexibility index (Phi) is 4.30. The minimum Gasteiger partial charge on any atom is -0.383 e. The van der Waals surface area contributed by atoms with Crippen LogP contribution >= 0.6 is 15.9 Å². The zero-order chi connectivity index (χ0) is 14.0. The quantitative estimate of drug-likeness (QED) is 0.924. The lowest BCUT2D eigenvalue weighted by atomic mass is 10.00. The van der Waals surface area contributed by atoms with E-state index in [1.807, 2.05) is 25.2 Å². The summed E-state index contributed by atoms with van der Waals surface area (Å²) in [6.07, 6.45) is 2.08. The average Bonchev–Trinajstić information content (AvgIpc) is 2.64. The molecular weight excluding hydrogens is 302 g/mol. The van der Waals surface area contributed by atoms with Crippen molar-refractivity contribution < 1.29 is 0 Å². The van der Waals surface area contributed by atoms with Crippen molar-refractivity contribution >= 4 is 21.7 Å². The fourth-order valence-electron chi connectivity index (χ4n) is 2.15. The van der Waals surface area contributed by atoms with E-state index < -0.39 is 0 Å². The third-order valence-corrected chi connectivity index (χ3v) is 3.96. The zero-order valence-electron chi connectivity index (χ0n) is 11.7. The number of halogens is 1. The molecule has 1 aromatic heterocycles. The van der Waals surface area contributed by atoms with Gasteiger partial charge in [-0.25, -0.2) is 0 Å². The Bertz CT molecular complexity index is 573. The molecular formula is C15H20BrN3. The minimum atomic E-state index is 0.662. The average molecular weight is 322 g/mol. The van der Waals surface area contributed by atoms with E-state index in [0.717, 1.165) is 40.0 Å². The molecule has 2 aromatic rings. The number of anilines is 1. The highest BCUT2D eigenvalue weighted by molar-refractivity contribution is 9.10. The Hall–Kier alpha value is -1.29. The van der Waals surface area contributed by atoms with E-state index in [4.69, 9.17) is 5.73 Å². The summed E-state index contributed by atoms with van der Waals surface area (Å²) in [7, 11) is 1.90. The molecule has 0 aliphatic rings. The van der Waals surface area contributed by atoms with Gasteiger partial charge < -0.3 is 5.73 Å². The number of hydrogen-bond acceptors (Lipinski definition) is 2. The van der Waals surface area contributed by atoms with Crippen molar-refractivity contribution in [2.24, 2.45) is 13.0 Å². The van der Waals surface area contributed by atoms with Crippen molar-refractivity contribution in [1.29, 1.82) is 0 Å². The van der Waals surface area contributed by atoms with Crippen LogP contribution in [0.15, 0.2) is 28.7 Å². The second kappa shape index (κ2) is 5.78. The number of nitrogens with two attached hydrogens (primary N) is 1. The van der Waals surface area contributed by atoms with Gasteiger partial charge in [0.25, 0.3) is 0 Å². The van der Waals surface area contributed by atoms with Crippen LogP contribution in [0.4, 0.5) is 5.82 Å². The maximum Gasteiger partial charge on any atom is 0.129 e. The van der Waals surface area contributed by atoms with Crippen LogP contribution in [0.2, 0.25) is 0 Å². The lowest BCUT2D eigenvalue weighted by molar-refractivity contribution is 0.577. The van der Waals surface area contributed by atoms with Gasteiger partial charge in [0.1, 0.15) is 5.82 Å². The molecule has 4 heteroatoms.